The van der Waals surface area contributed by atoms with Crippen LogP contribution in [0.3, 0.4) is 0 Å². The molecule has 2 N–H and O–H groups in total. The predicted molar refractivity (Wildman–Crippen MR) is 288 cm³/mol. The largest absolute Gasteiger partial charge is 0.472 e. The van der Waals surface area contributed by atoms with Crippen molar-refractivity contribution in [1.29, 1.82) is 0 Å². The summed E-state index contributed by atoms with van der Waals surface area (Å²) in [5.41, 5.74) is 0. The second kappa shape index (κ2) is 52.2. The molecule has 0 aliphatic carbocycles. The highest BCUT2D eigenvalue weighted by molar-refractivity contribution is 7.47. The molecular weight excluding hydrogens is 904 g/mol. The van der Waals surface area contributed by atoms with Crippen molar-refractivity contribution in [1.82, 2.24) is 0 Å². The zero-order chi connectivity index (χ0) is 51.3. The average molecular weight is 1010 g/mol. The molecule has 0 aromatic heterocycles. The van der Waals surface area contributed by atoms with Gasteiger partial charge in [0, 0.05) is 19.3 Å². The number of unbranched alkanes of at least 4 members (excludes halogenated alkanes) is 22. The lowest BCUT2D eigenvalue weighted by Gasteiger charge is -2.21. The van der Waals surface area contributed by atoms with Crippen LogP contribution in [0, 0.1) is 0 Å². The van der Waals surface area contributed by atoms with Crippen LogP contribution in [0.4, 0.5) is 0 Å². The number of hydrogen-bond acceptors (Lipinski definition) is 10. The van der Waals surface area contributed by atoms with Gasteiger partial charge < -0.3 is 24.2 Å². The van der Waals surface area contributed by atoms with E-state index in [0.717, 1.165) is 96.3 Å². The zero-order valence-electron chi connectivity index (χ0n) is 44.5. The van der Waals surface area contributed by atoms with Crippen LogP contribution in [0.25, 0.3) is 0 Å². The zero-order valence-corrected chi connectivity index (χ0v) is 45.4. The molecule has 0 aromatic rings. The number of rotatable bonds is 51. The molecule has 0 heterocycles. The van der Waals surface area contributed by atoms with Gasteiger partial charge in [0.1, 0.15) is 12.7 Å². The van der Waals surface area contributed by atoms with Crippen molar-refractivity contribution in [2.75, 3.05) is 26.4 Å². The molecule has 0 fully saturated rings. The van der Waals surface area contributed by atoms with Gasteiger partial charge in [0.25, 0.3) is 0 Å². The van der Waals surface area contributed by atoms with Crippen LogP contribution in [0.2, 0.25) is 0 Å². The number of allylic oxidation sites excluding steroid dienone is 12. The number of ether oxygens (including phenoxy) is 3. The second-order valence-corrected chi connectivity index (χ2v) is 19.8. The molecule has 0 radical (unpaired) electrons. The summed E-state index contributed by atoms with van der Waals surface area (Å²) in [5.74, 6) is -1.57. The predicted octanol–water partition coefficient (Wildman–Crippen LogP) is 16.1. The summed E-state index contributed by atoms with van der Waals surface area (Å²) < 4.78 is 39.3. The van der Waals surface area contributed by atoms with Crippen LogP contribution in [-0.2, 0) is 42.2 Å². The van der Waals surface area contributed by atoms with Crippen molar-refractivity contribution in [3.8, 4) is 0 Å². The average Bonchev–Trinajstić information content (AvgIpc) is 3.35. The minimum absolute atomic E-state index is 0.103. The fraction of sp³-hybridized carbons (Fsp3) is 0.741. The molecular formula is C58H101O11P. The van der Waals surface area contributed by atoms with Crippen LogP contribution in [-0.4, -0.2) is 66.5 Å². The van der Waals surface area contributed by atoms with Crippen molar-refractivity contribution >= 4 is 25.7 Å². The Balaban J connectivity index is 4.80. The van der Waals surface area contributed by atoms with Crippen LogP contribution in [0.1, 0.15) is 239 Å². The summed E-state index contributed by atoms with van der Waals surface area (Å²) in [5, 5.41) is 9.79. The maximum Gasteiger partial charge on any atom is 0.472 e. The molecule has 0 aliphatic heterocycles. The fourth-order valence-electron chi connectivity index (χ4n) is 7.36. The first-order valence-corrected chi connectivity index (χ1v) is 29.3. The number of hydrogen-bond donors (Lipinski definition) is 2. The van der Waals surface area contributed by atoms with E-state index in [0.29, 0.717) is 19.3 Å². The number of carbonyl (C=O) groups is 3. The van der Waals surface area contributed by atoms with Crippen LogP contribution in [0.15, 0.2) is 72.9 Å². The maximum atomic E-state index is 12.9. The summed E-state index contributed by atoms with van der Waals surface area (Å²) in [6.45, 7) is 4.41. The van der Waals surface area contributed by atoms with Gasteiger partial charge in [0.15, 0.2) is 6.10 Å². The summed E-state index contributed by atoms with van der Waals surface area (Å²) in [4.78, 5) is 48.4. The van der Waals surface area contributed by atoms with E-state index in [-0.39, 0.29) is 25.9 Å². The van der Waals surface area contributed by atoms with Crippen molar-refractivity contribution < 1.29 is 52.2 Å². The molecule has 3 atom stereocenters. The molecule has 70 heavy (non-hydrogen) atoms. The van der Waals surface area contributed by atoms with Gasteiger partial charge in [-0.3, -0.25) is 23.4 Å². The van der Waals surface area contributed by atoms with Crippen LogP contribution in [0.5, 0.6) is 0 Å². The quantitative estimate of drug-likeness (QED) is 0.0197. The van der Waals surface area contributed by atoms with Crippen LogP contribution >= 0.6 is 7.82 Å². The normalized spacial score (nSPS) is 14.0. The van der Waals surface area contributed by atoms with E-state index >= 15 is 0 Å². The van der Waals surface area contributed by atoms with E-state index in [1.165, 1.54) is 83.5 Å². The number of aliphatic hydroxyl groups is 1. The van der Waals surface area contributed by atoms with E-state index in [4.69, 9.17) is 23.3 Å². The van der Waals surface area contributed by atoms with Gasteiger partial charge in [-0.2, -0.15) is 0 Å². The third kappa shape index (κ3) is 49.9. The second-order valence-electron chi connectivity index (χ2n) is 18.4. The third-order valence-corrected chi connectivity index (χ3v) is 12.5. The first-order valence-electron chi connectivity index (χ1n) is 27.8. The lowest BCUT2D eigenvalue weighted by molar-refractivity contribution is -0.161. The maximum absolute atomic E-state index is 12.9. The molecule has 0 bridgehead atoms. The van der Waals surface area contributed by atoms with Crippen molar-refractivity contribution in [2.24, 2.45) is 0 Å². The molecule has 0 aliphatic rings. The number of phosphoric ester groups is 1. The summed E-state index contributed by atoms with van der Waals surface area (Å²) >= 11 is 0. The van der Waals surface area contributed by atoms with E-state index in [1.54, 1.807) is 0 Å². The van der Waals surface area contributed by atoms with Gasteiger partial charge in [-0.05, 0) is 96.3 Å². The summed E-state index contributed by atoms with van der Waals surface area (Å²) in [6, 6.07) is 0. The Morgan fingerprint density at radius 1 is 0.414 bits per heavy atom. The SMILES string of the molecule is CC/C=C\C/C=C\C/C=C\C/C=C\CCC(=O)OCC(COP(=O)(O)OCC(CO)OC(=O)CCCCCCC/C=C\CCCCCC)OC(=O)CCCCCCCCC/C=C\CCCCCCCC. The first kappa shape index (κ1) is 66.9. The lowest BCUT2D eigenvalue weighted by Crippen LogP contribution is -2.30. The Kier molecular flexibility index (Phi) is 50.0. The van der Waals surface area contributed by atoms with E-state index in [9.17, 15) is 28.9 Å². The summed E-state index contributed by atoms with van der Waals surface area (Å²) in [6.07, 6.45) is 57.4. The smallest absolute Gasteiger partial charge is 0.462 e. The monoisotopic (exact) mass is 1000 g/mol. The van der Waals surface area contributed by atoms with Crippen molar-refractivity contribution in [3.05, 3.63) is 72.9 Å². The minimum atomic E-state index is -4.76. The first-order chi connectivity index (χ1) is 34.2. The number of aliphatic hydroxyl groups excluding tert-OH is 1. The number of esters is 3. The fourth-order valence-corrected chi connectivity index (χ4v) is 8.14. The molecule has 0 amide bonds. The Hall–Kier alpha value is -3.08. The molecule has 3 unspecified atom stereocenters. The number of phosphoric acid groups is 1. The van der Waals surface area contributed by atoms with Gasteiger partial charge in [0.2, 0.25) is 0 Å². The third-order valence-electron chi connectivity index (χ3n) is 11.6. The van der Waals surface area contributed by atoms with Gasteiger partial charge in [-0.25, -0.2) is 4.57 Å². The molecule has 11 nitrogen and oxygen atoms in total. The topological polar surface area (TPSA) is 155 Å². The van der Waals surface area contributed by atoms with Gasteiger partial charge >= 0.3 is 25.7 Å². The molecule has 0 saturated heterocycles. The minimum Gasteiger partial charge on any atom is -0.462 e. The Morgan fingerprint density at radius 2 is 0.771 bits per heavy atom. The highest BCUT2D eigenvalue weighted by atomic mass is 31.2. The summed E-state index contributed by atoms with van der Waals surface area (Å²) in [7, 11) is -4.76. The Morgan fingerprint density at radius 3 is 1.21 bits per heavy atom. The Bertz CT molecular complexity index is 1450. The van der Waals surface area contributed by atoms with Gasteiger partial charge in [-0.1, -0.05) is 196 Å². The number of carbonyl (C=O) groups excluding carboxylic acids is 3. The standard InChI is InChI=1S/C58H101O11P/c1-4-7-10-13-16-19-22-25-26-27-28-31-34-37-40-43-46-49-58(62)69-55(51-65-56(60)47-44-41-38-35-32-29-23-20-17-14-11-8-5-2)53-67-70(63,64)66-52-54(50-59)68-57(61)48-45-42-39-36-33-30-24-21-18-15-12-9-6-3/h8,11,17,20-21,24-26,29,32,38,41,54-55,59H,4-7,9-10,12-16,18-19,22-23,27-28,30-31,33-37,39-40,42-53H2,1-3H3,(H,63,64)/b11-8-,20-17-,24-21-,26-25-,32-29-,41-38-. The van der Waals surface area contributed by atoms with Gasteiger partial charge in [0.05, 0.1) is 19.8 Å². The molecule has 12 heteroatoms. The molecule has 0 rings (SSSR count). The van der Waals surface area contributed by atoms with E-state index in [2.05, 4.69) is 81.5 Å². The van der Waals surface area contributed by atoms with E-state index in [1.807, 2.05) is 12.2 Å². The highest BCUT2D eigenvalue weighted by Crippen LogP contribution is 2.43. The Labute approximate surface area is 427 Å². The molecule has 0 aromatic carbocycles. The highest BCUT2D eigenvalue weighted by Gasteiger charge is 2.28. The molecule has 404 valence electrons. The van der Waals surface area contributed by atoms with E-state index < -0.39 is 57.8 Å². The van der Waals surface area contributed by atoms with Crippen LogP contribution < -0.4 is 0 Å². The van der Waals surface area contributed by atoms with Crippen molar-refractivity contribution in [3.63, 3.8) is 0 Å². The molecule has 0 saturated carbocycles. The lowest BCUT2D eigenvalue weighted by atomic mass is 10.1. The van der Waals surface area contributed by atoms with Gasteiger partial charge in [-0.15, -0.1) is 0 Å². The molecule has 0 spiro atoms. The van der Waals surface area contributed by atoms with Crippen molar-refractivity contribution in [2.45, 2.75) is 251 Å².